The summed E-state index contributed by atoms with van der Waals surface area (Å²) < 4.78 is 56.7. The van der Waals surface area contributed by atoms with Gasteiger partial charge in [-0.1, -0.05) is 12.1 Å². The molecule has 0 bridgehead atoms. The number of aliphatic hydroxyl groups excluding tert-OH is 1. The molecular weight excluding hydrogens is 444 g/mol. The predicted octanol–water partition coefficient (Wildman–Crippen LogP) is 4.11. The van der Waals surface area contributed by atoms with E-state index >= 15 is 0 Å². The third-order valence-electron chi connectivity index (χ3n) is 5.02. The van der Waals surface area contributed by atoms with Crippen LogP contribution in [0.5, 0.6) is 5.75 Å². The fraction of sp³-hybridized carbons (Fsp3) is 0.227. The molecule has 2 aromatic heterocycles. The van der Waals surface area contributed by atoms with Gasteiger partial charge in [0.1, 0.15) is 24.8 Å². The van der Waals surface area contributed by atoms with Crippen LogP contribution in [0.25, 0.3) is 0 Å². The molecule has 0 saturated carbocycles. The summed E-state index contributed by atoms with van der Waals surface area (Å²) in [5.74, 6) is 0.0350. The first-order valence-corrected chi connectivity index (χ1v) is 9.83. The van der Waals surface area contributed by atoms with E-state index in [9.17, 15) is 27.5 Å². The number of nitrogens with zero attached hydrogens (tertiary/aromatic N) is 3. The van der Waals surface area contributed by atoms with E-state index < -0.39 is 30.5 Å². The van der Waals surface area contributed by atoms with Crippen molar-refractivity contribution >= 4 is 23.1 Å². The van der Waals surface area contributed by atoms with Gasteiger partial charge in [-0.2, -0.15) is 13.2 Å². The Labute approximate surface area is 185 Å². The molecule has 2 N–H and O–H groups in total. The molecule has 0 saturated heterocycles. The highest BCUT2D eigenvalue weighted by Crippen LogP contribution is 2.41. The maximum Gasteiger partial charge on any atom is 0.433 e. The second kappa shape index (κ2) is 9.02. The highest BCUT2D eigenvalue weighted by molar-refractivity contribution is 6.07. The highest BCUT2D eigenvalue weighted by Gasteiger charge is 2.33. The minimum Gasteiger partial charge on any atom is -0.488 e. The van der Waals surface area contributed by atoms with Crippen molar-refractivity contribution < 1.29 is 32.2 Å². The maximum atomic E-state index is 12.9. The van der Waals surface area contributed by atoms with Crippen LogP contribution in [0.15, 0.2) is 54.9 Å². The van der Waals surface area contributed by atoms with Gasteiger partial charge in [-0.15, -0.1) is 0 Å². The summed E-state index contributed by atoms with van der Waals surface area (Å²) in [5, 5.41) is 12.3. The zero-order valence-electron chi connectivity index (χ0n) is 17.0. The van der Waals surface area contributed by atoms with Crippen LogP contribution in [0.2, 0.25) is 0 Å². The smallest absolute Gasteiger partial charge is 0.433 e. The molecule has 1 aliphatic heterocycles. The second-order valence-corrected chi connectivity index (χ2v) is 7.21. The first kappa shape index (κ1) is 22.5. The summed E-state index contributed by atoms with van der Waals surface area (Å²) in [7, 11) is 0. The number of hydrogen-bond donors (Lipinski definition) is 2. The highest BCUT2D eigenvalue weighted by atomic mass is 19.4. The monoisotopic (exact) mass is 462 g/mol. The van der Waals surface area contributed by atoms with Crippen molar-refractivity contribution in [2.45, 2.75) is 18.9 Å². The number of benzene rings is 1. The summed E-state index contributed by atoms with van der Waals surface area (Å²) in [6, 6.07) is 9.33. The maximum absolute atomic E-state index is 12.9. The number of anilines is 3. The van der Waals surface area contributed by atoms with Crippen molar-refractivity contribution in [1.29, 1.82) is 0 Å². The quantitative estimate of drug-likeness (QED) is 0.555. The van der Waals surface area contributed by atoms with Gasteiger partial charge >= 0.3 is 6.18 Å². The molecule has 0 spiro atoms. The van der Waals surface area contributed by atoms with Crippen molar-refractivity contribution in [3.05, 3.63) is 71.7 Å². The van der Waals surface area contributed by atoms with Crippen LogP contribution in [-0.4, -0.2) is 40.2 Å². The number of para-hydroxylation sites is 1. The van der Waals surface area contributed by atoms with E-state index in [1.54, 1.807) is 29.2 Å². The number of hydrogen-bond acceptors (Lipinski definition) is 6. The van der Waals surface area contributed by atoms with E-state index in [0.29, 0.717) is 17.1 Å². The Morgan fingerprint density at radius 3 is 2.58 bits per heavy atom. The molecule has 1 aromatic carbocycles. The fourth-order valence-electron chi connectivity index (χ4n) is 3.41. The first-order chi connectivity index (χ1) is 15.8. The molecule has 0 aliphatic carbocycles. The molecule has 1 aliphatic rings. The summed E-state index contributed by atoms with van der Waals surface area (Å²) in [6.07, 6.45) is -2.29. The number of alkyl halides is 4. The Morgan fingerprint density at radius 1 is 1.15 bits per heavy atom. The number of pyridine rings is 2. The molecule has 4 rings (SSSR count). The fourth-order valence-corrected chi connectivity index (χ4v) is 3.41. The van der Waals surface area contributed by atoms with Gasteiger partial charge in [0.15, 0.2) is 5.75 Å². The van der Waals surface area contributed by atoms with Gasteiger partial charge in [0.2, 0.25) is 0 Å². The lowest BCUT2D eigenvalue weighted by atomic mass is 10.1. The molecule has 0 fully saturated rings. The largest absolute Gasteiger partial charge is 0.488 e. The lowest BCUT2D eigenvalue weighted by Crippen LogP contribution is -2.43. The van der Waals surface area contributed by atoms with Crippen molar-refractivity contribution in [3.8, 4) is 5.75 Å². The van der Waals surface area contributed by atoms with E-state index in [4.69, 9.17) is 4.74 Å². The van der Waals surface area contributed by atoms with Gasteiger partial charge < -0.3 is 20.1 Å². The number of aromatic nitrogens is 2. The molecule has 172 valence electrons. The molecular formula is C22H18F4N4O3. The van der Waals surface area contributed by atoms with Gasteiger partial charge in [-0.25, -0.2) is 14.4 Å². The molecule has 7 nitrogen and oxygen atoms in total. The lowest BCUT2D eigenvalue weighted by molar-refractivity contribution is -0.141. The van der Waals surface area contributed by atoms with Crippen LogP contribution in [-0.2, 0) is 12.9 Å². The average Bonchev–Trinajstić information content (AvgIpc) is 2.82. The topological polar surface area (TPSA) is 87.6 Å². The summed E-state index contributed by atoms with van der Waals surface area (Å²) in [5.41, 5.74) is -0.00732. The Morgan fingerprint density at radius 2 is 1.97 bits per heavy atom. The number of rotatable bonds is 5. The van der Waals surface area contributed by atoms with Crippen LogP contribution >= 0.6 is 0 Å². The second-order valence-electron chi connectivity index (χ2n) is 7.21. The van der Waals surface area contributed by atoms with E-state index in [0.717, 1.165) is 18.3 Å². The summed E-state index contributed by atoms with van der Waals surface area (Å²) in [6.45, 7) is -0.888. The van der Waals surface area contributed by atoms with Crippen molar-refractivity contribution in [3.63, 3.8) is 0 Å². The Balaban J connectivity index is 1.64. The molecule has 1 amide bonds. The van der Waals surface area contributed by atoms with Crippen LogP contribution < -0.4 is 15.0 Å². The third kappa shape index (κ3) is 4.58. The number of fused-ring (bicyclic) bond motifs is 1. The normalized spacial score (nSPS) is 15.5. The first-order valence-electron chi connectivity index (χ1n) is 9.83. The van der Waals surface area contributed by atoms with Gasteiger partial charge in [0, 0.05) is 11.8 Å². The number of aliphatic hydroxyl groups is 1. The number of ether oxygens (including phenoxy) is 1. The molecule has 33 heavy (non-hydrogen) atoms. The lowest BCUT2D eigenvalue weighted by Gasteiger charge is -2.37. The zero-order chi connectivity index (χ0) is 23.6. The number of amides is 1. The third-order valence-corrected chi connectivity index (χ3v) is 5.02. The van der Waals surface area contributed by atoms with E-state index in [-0.39, 0.29) is 30.2 Å². The minimum absolute atomic E-state index is 0.0438. The Bertz CT molecular complexity index is 1140. The average molecular weight is 462 g/mol. The Hall–Kier alpha value is -3.73. The van der Waals surface area contributed by atoms with Crippen LogP contribution in [0.1, 0.15) is 21.6 Å². The predicted molar refractivity (Wildman–Crippen MR) is 111 cm³/mol. The standard InChI is InChI=1S/C22H18F4N4O3/c23-8-13-4-7-19(28-9-13)30-15(11-31)12-33-20-16(2-1-3-17(20)30)21(32)29-14-5-6-18(27-10-14)22(24,25)26/h1-7,9-10,15,31H,8,11-12H2,(H,29,32)/t15-/m0/s1. The Kier molecular flexibility index (Phi) is 6.14. The SMILES string of the molecule is O=C(Nc1ccc(C(F)(F)F)nc1)c1cccc2c1OC[C@H](CO)N2c1ccc(CF)cn1. The van der Waals surface area contributed by atoms with E-state index in [1.165, 1.54) is 12.3 Å². The van der Waals surface area contributed by atoms with Gasteiger partial charge in [0.25, 0.3) is 5.91 Å². The molecule has 1 atom stereocenters. The number of carbonyl (C=O) groups excluding carboxylic acids is 1. The summed E-state index contributed by atoms with van der Waals surface area (Å²) >= 11 is 0. The van der Waals surface area contributed by atoms with E-state index in [2.05, 4.69) is 15.3 Å². The van der Waals surface area contributed by atoms with Crippen molar-refractivity contribution in [2.24, 2.45) is 0 Å². The van der Waals surface area contributed by atoms with Gasteiger partial charge in [0.05, 0.1) is 35.8 Å². The summed E-state index contributed by atoms with van der Waals surface area (Å²) in [4.78, 5) is 22.2. The number of halogens is 4. The zero-order valence-corrected chi connectivity index (χ0v) is 17.0. The molecule has 0 unspecified atom stereocenters. The molecule has 3 aromatic rings. The molecule has 11 heteroatoms. The van der Waals surface area contributed by atoms with Gasteiger partial charge in [-0.3, -0.25) is 4.79 Å². The van der Waals surface area contributed by atoms with Crippen LogP contribution in [0, 0.1) is 0 Å². The number of nitrogens with one attached hydrogen (secondary N) is 1. The van der Waals surface area contributed by atoms with E-state index in [1.807, 2.05) is 0 Å². The van der Waals surface area contributed by atoms with Crippen LogP contribution in [0.3, 0.4) is 0 Å². The van der Waals surface area contributed by atoms with Crippen molar-refractivity contribution in [2.75, 3.05) is 23.4 Å². The molecule has 3 heterocycles. The minimum atomic E-state index is -4.59. The van der Waals surface area contributed by atoms with Crippen LogP contribution in [0.4, 0.5) is 34.8 Å². The van der Waals surface area contributed by atoms with Crippen molar-refractivity contribution in [1.82, 2.24) is 9.97 Å². The number of carbonyl (C=O) groups is 1. The molecule has 0 radical (unpaired) electrons. The van der Waals surface area contributed by atoms with Gasteiger partial charge in [-0.05, 0) is 30.3 Å².